The third-order valence-corrected chi connectivity index (χ3v) is 5.36. The summed E-state index contributed by atoms with van der Waals surface area (Å²) in [6, 6.07) is 1.74. The van der Waals surface area contributed by atoms with Crippen molar-refractivity contribution in [2.45, 2.75) is 50.7 Å². The Bertz CT molecular complexity index is 811. The molecule has 2 fully saturated rings. The number of nitrogens with one attached hydrogen (secondary N) is 1. The normalized spacial score (nSPS) is 23.0. The van der Waals surface area contributed by atoms with Crippen molar-refractivity contribution in [1.82, 2.24) is 25.3 Å². The van der Waals surface area contributed by atoms with Gasteiger partial charge in [0.1, 0.15) is 5.69 Å². The molecule has 2 aromatic rings. The fraction of sp³-hybridized carbons (Fsp3) is 0.526. The Hall–Kier alpha value is -2.61. The maximum absolute atomic E-state index is 12.3. The summed E-state index contributed by atoms with van der Waals surface area (Å²) in [7, 11) is 0. The molecule has 1 aliphatic heterocycles. The van der Waals surface area contributed by atoms with Crippen molar-refractivity contribution in [2.75, 3.05) is 18.0 Å². The second kappa shape index (κ2) is 7.56. The molecule has 1 aliphatic carbocycles. The smallest absolute Gasteiger partial charge is 0.271 e. The van der Waals surface area contributed by atoms with Crippen LogP contribution in [0, 0.1) is 6.92 Å². The van der Waals surface area contributed by atoms with Crippen LogP contribution >= 0.6 is 0 Å². The van der Waals surface area contributed by atoms with Crippen LogP contribution in [0.15, 0.2) is 24.7 Å². The van der Waals surface area contributed by atoms with Gasteiger partial charge in [0, 0.05) is 42.8 Å². The van der Waals surface area contributed by atoms with Crippen molar-refractivity contribution >= 4 is 11.9 Å². The van der Waals surface area contributed by atoms with Crippen molar-refractivity contribution in [3.8, 4) is 0 Å². The zero-order valence-electron chi connectivity index (χ0n) is 15.4. The van der Waals surface area contributed by atoms with Gasteiger partial charge in [0.05, 0.1) is 18.3 Å². The fourth-order valence-electron chi connectivity index (χ4n) is 3.57. The highest BCUT2D eigenvalue weighted by molar-refractivity contribution is 5.92. The van der Waals surface area contributed by atoms with Gasteiger partial charge >= 0.3 is 0 Å². The summed E-state index contributed by atoms with van der Waals surface area (Å²) in [6.45, 7) is 3.05. The number of rotatable bonds is 4. The van der Waals surface area contributed by atoms with E-state index in [1.165, 1.54) is 37.9 Å². The molecule has 1 saturated carbocycles. The van der Waals surface area contributed by atoms with E-state index in [0.29, 0.717) is 31.4 Å². The van der Waals surface area contributed by atoms with E-state index in [4.69, 9.17) is 4.98 Å². The first kappa shape index (κ1) is 17.8. The topological polar surface area (TPSA) is 104 Å². The van der Waals surface area contributed by atoms with E-state index < -0.39 is 6.10 Å². The Labute approximate surface area is 158 Å². The van der Waals surface area contributed by atoms with E-state index in [2.05, 4.69) is 26.3 Å². The SMILES string of the molecule is Cc1cc(C2CCC2)nc(N2CC[C@H](NC(=O)c3cnccn3)[C@@H](O)C2)n1. The average molecular weight is 368 g/mol. The summed E-state index contributed by atoms with van der Waals surface area (Å²) in [5, 5.41) is 13.4. The Balaban J connectivity index is 1.41. The van der Waals surface area contributed by atoms with Crippen LogP contribution in [0.25, 0.3) is 0 Å². The molecule has 0 radical (unpaired) electrons. The number of piperidine rings is 1. The van der Waals surface area contributed by atoms with Crippen LogP contribution in [-0.2, 0) is 0 Å². The number of amides is 1. The first-order valence-electron chi connectivity index (χ1n) is 9.45. The van der Waals surface area contributed by atoms with Gasteiger partial charge in [-0.2, -0.15) is 0 Å². The molecule has 0 bridgehead atoms. The first-order chi connectivity index (χ1) is 13.1. The van der Waals surface area contributed by atoms with E-state index in [-0.39, 0.29) is 17.6 Å². The molecule has 2 atom stereocenters. The van der Waals surface area contributed by atoms with Crippen LogP contribution in [0.4, 0.5) is 5.95 Å². The lowest BCUT2D eigenvalue weighted by atomic mass is 9.82. The van der Waals surface area contributed by atoms with Gasteiger partial charge in [-0.25, -0.2) is 15.0 Å². The van der Waals surface area contributed by atoms with Crippen LogP contribution in [0.2, 0.25) is 0 Å². The first-order valence-corrected chi connectivity index (χ1v) is 9.45. The van der Waals surface area contributed by atoms with Gasteiger partial charge in [-0.05, 0) is 32.3 Å². The maximum Gasteiger partial charge on any atom is 0.271 e. The second-order valence-corrected chi connectivity index (χ2v) is 7.33. The quantitative estimate of drug-likeness (QED) is 0.836. The monoisotopic (exact) mass is 368 g/mol. The molecule has 8 nitrogen and oxygen atoms in total. The Morgan fingerprint density at radius 3 is 2.78 bits per heavy atom. The molecule has 0 spiro atoms. The van der Waals surface area contributed by atoms with Crippen LogP contribution < -0.4 is 10.2 Å². The molecule has 1 amide bonds. The molecule has 8 heteroatoms. The largest absolute Gasteiger partial charge is 0.389 e. The number of aliphatic hydroxyl groups excluding tert-OH is 1. The molecule has 0 unspecified atom stereocenters. The van der Waals surface area contributed by atoms with Gasteiger partial charge in [0.2, 0.25) is 5.95 Å². The lowest BCUT2D eigenvalue weighted by Gasteiger charge is -2.36. The number of anilines is 1. The summed E-state index contributed by atoms with van der Waals surface area (Å²) in [4.78, 5) is 31.5. The number of carbonyl (C=O) groups excluding carboxylic acids is 1. The number of aliphatic hydroxyl groups is 1. The zero-order chi connectivity index (χ0) is 18.8. The maximum atomic E-state index is 12.3. The number of aromatic nitrogens is 4. The minimum atomic E-state index is -0.698. The summed E-state index contributed by atoms with van der Waals surface area (Å²) in [5.41, 5.74) is 2.31. The lowest BCUT2D eigenvalue weighted by Crippen LogP contribution is -2.54. The molecule has 3 heterocycles. The van der Waals surface area contributed by atoms with Crippen LogP contribution in [0.3, 0.4) is 0 Å². The summed E-state index contributed by atoms with van der Waals surface area (Å²) in [6.07, 6.45) is 7.97. The minimum Gasteiger partial charge on any atom is -0.389 e. The number of hydrogen-bond donors (Lipinski definition) is 2. The van der Waals surface area contributed by atoms with Gasteiger partial charge in [0.15, 0.2) is 0 Å². The van der Waals surface area contributed by atoms with Crippen molar-refractivity contribution in [2.24, 2.45) is 0 Å². The predicted octanol–water partition coefficient (Wildman–Crippen LogP) is 1.21. The Morgan fingerprint density at radius 1 is 1.26 bits per heavy atom. The highest BCUT2D eigenvalue weighted by Gasteiger charge is 2.31. The zero-order valence-corrected chi connectivity index (χ0v) is 15.4. The van der Waals surface area contributed by atoms with Gasteiger partial charge in [-0.15, -0.1) is 0 Å². The van der Waals surface area contributed by atoms with E-state index >= 15 is 0 Å². The molecule has 4 rings (SSSR count). The fourth-order valence-corrected chi connectivity index (χ4v) is 3.57. The molecule has 142 valence electrons. The van der Waals surface area contributed by atoms with Crippen LogP contribution in [-0.4, -0.2) is 56.2 Å². The molecule has 27 heavy (non-hydrogen) atoms. The third kappa shape index (κ3) is 3.90. The van der Waals surface area contributed by atoms with Crippen LogP contribution in [0.1, 0.15) is 53.5 Å². The molecular weight excluding hydrogens is 344 g/mol. The van der Waals surface area contributed by atoms with Gasteiger partial charge in [-0.1, -0.05) is 6.42 Å². The molecule has 0 aromatic carbocycles. The number of carbonyl (C=O) groups is 1. The minimum absolute atomic E-state index is 0.249. The summed E-state index contributed by atoms with van der Waals surface area (Å²) in [5.74, 6) is 0.897. The standard InChI is InChI=1S/C19H24N6O2/c1-12-9-15(13-3-2-4-13)24-19(22-12)25-8-5-14(17(26)11-25)23-18(27)16-10-20-6-7-21-16/h6-7,9-10,13-14,17,26H,2-5,8,11H2,1H3,(H,23,27)/t14-,17-/m0/s1. The van der Waals surface area contributed by atoms with E-state index in [1.54, 1.807) is 0 Å². The van der Waals surface area contributed by atoms with Crippen molar-refractivity contribution in [1.29, 1.82) is 0 Å². The molecule has 1 saturated heterocycles. The number of hydrogen-bond acceptors (Lipinski definition) is 7. The average Bonchev–Trinajstić information content (AvgIpc) is 2.62. The molecular formula is C19H24N6O2. The van der Waals surface area contributed by atoms with Gasteiger partial charge < -0.3 is 15.3 Å². The highest BCUT2D eigenvalue weighted by Crippen LogP contribution is 2.36. The molecule has 2 aliphatic rings. The van der Waals surface area contributed by atoms with E-state index in [1.807, 2.05) is 11.8 Å². The summed E-state index contributed by atoms with van der Waals surface area (Å²) >= 11 is 0. The van der Waals surface area contributed by atoms with Crippen molar-refractivity contribution < 1.29 is 9.90 Å². The second-order valence-electron chi connectivity index (χ2n) is 7.33. The molecule has 2 N–H and O–H groups in total. The third-order valence-electron chi connectivity index (χ3n) is 5.36. The Morgan fingerprint density at radius 2 is 2.11 bits per heavy atom. The van der Waals surface area contributed by atoms with Crippen molar-refractivity contribution in [3.63, 3.8) is 0 Å². The molecule has 2 aromatic heterocycles. The predicted molar refractivity (Wildman–Crippen MR) is 99.5 cm³/mol. The Kier molecular flexibility index (Phi) is 4.98. The summed E-state index contributed by atoms with van der Waals surface area (Å²) < 4.78 is 0. The van der Waals surface area contributed by atoms with Gasteiger partial charge in [-0.3, -0.25) is 9.78 Å². The van der Waals surface area contributed by atoms with Gasteiger partial charge in [0.25, 0.3) is 5.91 Å². The highest BCUT2D eigenvalue weighted by atomic mass is 16.3. The van der Waals surface area contributed by atoms with Crippen molar-refractivity contribution in [3.05, 3.63) is 41.7 Å². The number of nitrogens with zero attached hydrogens (tertiary/aromatic N) is 5. The van der Waals surface area contributed by atoms with Crippen LogP contribution in [0.5, 0.6) is 0 Å². The number of β-amino-alcohol motifs (C(OH)–C–C–N with tert-alkyl or cyclic N) is 1. The van der Waals surface area contributed by atoms with E-state index in [9.17, 15) is 9.90 Å². The number of aryl methyl sites for hydroxylation is 1. The lowest BCUT2D eigenvalue weighted by molar-refractivity contribution is 0.0792. The van der Waals surface area contributed by atoms with E-state index in [0.717, 1.165) is 11.4 Å².